The molecule has 3 aromatic carbocycles. The average Bonchev–Trinajstić information content (AvgIpc) is 3.54. The molecule has 0 amide bonds. The first kappa shape index (κ1) is 20.1. The highest BCUT2D eigenvalue weighted by Gasteiger charge is 2.21. The number of aliphatic hydroxyl groups is 1. The van der Waals surface area contributed by atoms with E-state index in [1.54, 1.807) is 18.3 Å². The number of fused-ring (bicyclic) bond motifs is 3. The summed E-state index contributed by atoms with van der Waals surface area (Å²) in [7, 11) is 0. The molecule has 1 N–H and O–H groups in total. The summed E-state index contributed by atoms with van der Waals surface area (Å²) >= 11 is 0. The Bertz CT molecular complexity index is 1630. The fraction of sp³-hybridized carbons (Fsp3) is 0.0741. The summed E-state index contributed by atoms with van der Waals surface area (Å²) in [6, 6.07) is 25.4. The lowest BCUT2D eigenvalue weighted by molar-refractivity contribution is 0.281. The van der Waals surface area contributed by atoms with Crippen LogP contribution < -0.4 is 5.56 Å². The normalized spacial score (nSPS) is 11.4. The van der Waals surface area contributed by atoms with E-state index in [2.05, 4.69) is 26.9 Å². The van der Waals surface area contributed by atoms with E-state index in [9.17, 15) is 9.90 Å². The molecule has 2 aliphatic heterocycles. The van der Waals surface area contributed by atoms with Gasteiger partial charge in [-0.2, -0.15) is 14.9 Å². The third-order valence-electron chi connectivity index (χ3n) is 6.08. The summed E-state index contributed by atoms with van der Waals surface area (Å²) in [6.45, 7) is 0.439. The quantitative estimate of drug-likeness (QED) is 0.433. The van der Waals surface area contributed by atoms with Crippen LogP contribution in [0.4, 0.5) is 0 Å². The maximum atomic E-state index is 13.4. The van der Waals surface area contributed by atoms with Gasteiger partial charge < -0.3 is 9.67 Å². The van der Waals surface area contributed by atoms with E-state index in [4.69, 9.17) is 0 Å². The lowest BCUT2D eigenvalue weighted by Crippen LogP contribution is -2.16. The summed E-state index contributed by atoms with van der Waals surface area (Å²) in [4.78, 5) is 13.4. The van der Waals surface area contributed by atoms with E-state index in [-0.39, 0.29) is 12.2 Å². The molecule has 6 rings (SSSR count). The summed E-state index contributed by atoms with van der Waals surface area (Å²) in [5.41, 5.74) is 5.33. The first-order chi connectivity index (χ1) is 16.7. The standard InChI is InChI=1S/C27H21N5O2/c33-18-20-6-1-3-8-24(20)32-27(34)23-17-30(25-9-4-2-7-22(25)26(23)29-32)16-19-10-12-21(13-11-19)31-15-5-14-28-31/h1-15,17,33H,16,18H2. The Balaban J connectivity index is 1.48. The molecule has 0 aliphatic carbocycles. The second-order valence-electron chi connectivity index (χ2n) is 8.16. The van der Waals surface area contributed by atoms with E-state index >= 15 is 0 Å². The topological polar surface area (TPSA) is 77.9 Å². The number of para-hydroxylation sites is 2. The van der Waals surface area contributed by atoms with Crippen molar-refractivity contribution in [1.29, 1.82) is 0 Å². The Kier molecular flexibility index (Phi) is 4.82. The lowest BCUT2D eigenvalue weighted by atomic mass is 10.1. The van der Waals surface area contributed by atoms with Crippen molar-refractivity contribution in [3.8, 4) is 22.6 Å². The molecule has 34 heavy (non-hydrogen) atoms. The van der Waals surface area contributed by atoms with Crippen molar-refractivity contribution in [3.05, 3.63) is 119 Å². The SMILES string of the molecule is O=c1c2cn(Cc3ccc(-n4cccn4)cc3)c3ccccc3c-2nn1-c1ccccc1CO. The van der Waals surface area contributed by atoms with Gasteiger partial charge in [0.15, 0.2) is 0 Å². The molecule has 0 atom stereocenters. The smallest absolute Gasteiger partial charge is 0.282 e. The Hall–Kier alpha value is -4.49. The molecule has 3 heterocycles. The van der Waals surface area contributed by atoms with Crippen LogP contribution in [0.25, 0.3) is 33.5 Å². The van der Waals surface area contributed by atoms with E-state index in [1.165, 1.54) is 4.68 Å². The van der Waals surface area contributed by atoms with Gasteiger partial charge in [0.25, 0.3) is 5.56 Å². The van der Waals surface area contributed by atoms with Crippen molar-refractivity contribution >= 4 is 10.9 Å². The van der Waals surface area contributed by atoms with Crippen LogP contribution in [0.1, 0.15) is 11.1 Å². The van der Waals surface area contributed by atoms with Gasteiger partial charge in [-0.1, -0.05) is 48.5 Å². The highest BCUT2D eigenvalue weighted by atomic mass is 16.3. The second kappa shape index (κ2) is 8.13. The highest BCUT2D eigenvalue weighted by molar-refractivity contribution is 5.93. The van der Waals surface area contributed by atoms with Gasteiger partial charge in [-0.05, 0) is 35.9 Å². The minimum Gasteiger partial charge on any atom is -0.392 e. The van der Waals surface area contributed by atoms with Crippen LogP contribution in [0.15, 0.2) is 102 Å². The molecular weight excluding hydrogens is 426 g/mol. The first-order valence-corrected chi connectivity index (χ1v) is 11.0. The van der Waals surface area contributed by atoms with E-state index in [0.29, 0.717) is 29.1 Å². The van der Waals surface area contributed by atoms with Gasteiger partial charge in [0, 0.05) is 36.1 Å². The minimum absolute atomic E-state index is 0.166. The van der Waals surface area contributed by atoms with Gasteiger partial charge in [0.2, 0.25) is 0 Å². The largest absolute Gasteiger partial charge is 0.392 e. The third kappa shape index (κ3) is 3.30. The average molecular weight is 447 g/mol. The van der Waals surface area contributed by atoms with Crippen molar-refractivity contribution in [2.24, 2.45) is 0 Å². The maximum Gasteiger partial charge on any atom is 0.282 e. The number of benzene rings is 3. The zero-order chi connectivity index (χ0) is 23.1. The maximum absolute atomic E-state index is 13.4. The molecule has 0 saturated carbocycles. The van der Waals surface area contributed by atoms with Crippen molar-refractivity contribution in [1.82, 2.24) is 24.1 Å². The number of aliphatic hydroxyl groups excluding tert-OH is 1. The predicted molar refractivity (Wildman–Crippen MR) is 131 cm³/mol. The van der Waals surface area contributed by atoms with Gasteiger partial charge in [-0.15, -0.1) is 0 Å². The predicted octanol–water partition coefficient (Wildman–Crippen LogP) is 4.02. The molecular formula is C27H21N5O2. The number of rotatable bonds is 5. The molecule has 0 bridgehead atoms. The van der Waals surface area contributed by atoms with Crippen LogP contribution in [0.2, 0.25) is 0 Å². The Labute approximate surface area is 195 Å². The molecule has 1 aromatic heterocycles. The van der Waals surface area contributed by atoms with E-state index in [1.807, 2.05) is 71.7 Å². The Morgan fingerprint density at radius 1 is 0.882 bits per heavy atom. The summed E-state index contributed by atoms with van der Waals surface area (Å²) < 4.78 is 5.30. The van der Waals surface area contributed by atoms with Crippen LogP contribution in [0, 0.1) is 0 Å². The van der Waals surface area contributed by atoms with Gasteiger partial charge in [0.05, 0.1) is 29.1 Å². The van der Waals surface area contributed by atoms with Crippen LogP contribution in [0.5, 0.6) is 0 Å². The first-order valence-electron chi connectivity index (χ1n) is 11.0. The number of aromatic nitrogens is 5. The third-order valence-corrected chi connectivity index (χ3v) is 6.08. The van der Waals surface area contributed by atoms with Gasteiger partial charge in [0.1, 0.15) is 5.69 Å². The molecule has 166 valence electrons. The van der Waals surface area contributed by atoms with Crippen molar-refractivity contribution in [2.45, 2.75) is 13.2 Å². The number of pyridine rings is 1. The molecule has 7 nitrogen and oxygen atoms in total. The van der Waals surface area contributed by atoms with Crippen molar-refractivity contribution < 1.29 is 5.11 Å². The van der Waals surface area contributed by atoms with Crippen molar-refractivity contribution in [3.63, 3.8) is 0 Å². The van der Waals surface area contributed by atoms with Crippen LogP contribution >= 0.6 is 0 Å². The molecule has 0 unspecified atom stereocenters. The van der Waals surface area contributed by atoms with Gasteiger partial charge in [-0.25, -0.2) is 4.68 Å². The number of nitrogens with zero attached hydrogens (tertiary/aromatic N) is 5. The zero-order valence-electron chi connectivity index (χ0n) is 18.2. The number of hydrogen-bond acceptors (Lipinski definition) is 4. The Morgan fingerprint density at radius 2 is 1.68 bits per heavy atom. The van der Waals surface area contributed by atoms with Crippen molar-refractivity contribution in [2.75, 3.05) is 0 Å². The second-order valence-corrected chi connectivity index (χ2v) is 8.16. The summed E-state index contributed by atoms with van der Waals surface area (Å²) in [5.74, 6) is 0. The zero-order valence-corrected chi connectivity index (χ0v) is 18.2. The molecule has 0 fully saturated rings. The Morgan fingerprint density at radius 3 is 2.47 bits per heavy atom. The molecule has 2 aliphatic rings. The summed E-state index contributed by atoms with van der Waals surface area (Å²) in [5, 5.41) is 19.6. The van der Waals surface area contributed by atoms with E-state index in [0.717, 1.165) is 22.2 Å². The van der Waals surface area contributed by atoms with Gasteiger partial charge in [-0.3, -0.25) is 4.79 Å². The summed E-state index contributed by atoms with van der Waals surface area (Å²) in [6.07, 6.45) is 5.55. The molecule has 0 radical (unpaired) electrons. The monoisotopic (exact) mass is 447 g/mol. The molecule has 4 aromatic rings. The van der Waals surface area contributed by atoms with E-state index < -0.39 is 0 Å². The van der Waals surface area contributed by atoms with Crippen LogP contribution in [0.3, 0.4) is 0 Å². The van der Waals surface area contributed by atoms with Crippen LogP contribution in [-0.2, 0) is 13.2 Å². The minimum atomic E-state index is -0.204. The molecule has 0 saturated heterocycles. The lowest BCUT2D eigenvalue weighted by Gasteiger charge is -2.14. The molecule has 0 spiro atoms. The number of hydrogen-bond donors (Lipinski definition) is 1. The fourth-order valence-corrected chi connectivity index (χ4v) is 4.40. The van der Waals surface area contributed by atoms with Crippen LogP contribution in [-0.4, -0.2) is 29.2 Å². The highest BCUT2D eigenvalue weighted by Crippen LogP contribution is 2.29. The van der Waals surface area contributed by atoms with Gasteiger partial charge >= 0.3 is 0 Å². The fourth-order valence-electron chi connectivity index (χ4n) is 4.40. The molecule has 7 heteroatoms.